The third kappa shape index (κ3) is 9.53. The Morgan fingerprint density at radius 1 is 0.900 bits per heavy atom. The zero-order chi connectivity index (χ0) is 43.1. The number of aromatic amines is 1. The number of anilines is 1. The van der Waals surface area contributed by atoms with Gasteiger partial charge in [0.2, 0.25) is 17.5 Å². The van der Waals surface area contributed by atoms with Crippen LogP contribution in [0.15, 0.2) is 95.1 Å². The van der Waals surface area contributed by atoms with Gasteiger partial charge in [0, 0.05) is 30.2 Å². The zero-order valence-electron chi connectivity index (χ0n) is 33.6. The highest BCUT2D eigenvalue weighted by molar-refractivity contribution is 6.31. The van der Waals surface area contributed by atoms with Gasteiger partial charge in [-0.15, -0.1) is 0 Å². The molecule has 0 radical (unpaired) electrons. The number of rotatable bonds is 13. The molecule has 14 nitrogen and oxygen atoms in total. The molecule has 1 aliphatic heterocycles. The zero-order valence-corrected chi connectivity index (χ0v) is 33.6. The third-order valence-corrected chi connectivity index (χ3v) is 10.4. The van der Waals surface area contributed by atoms with Crippen molar-refractivity contribution in [3.63, 3.8) is 0 Å². The second-order valence-corrected chi connectivity index (χ2v) is 15.1. The average Bonchev–Trinajstić information content (AvgIpc) is 3.74. The summed E-state index contributed by atoms with van der Waals surface area (Å²) in [4.78, 5) is 75.6. The van der Waals surface area contributed by atoms with Crippen LogP contribution in [0.1, 0.15) is 85.4 Å². The first-order valence-corrected chi connectivity index (χ1v) is 19.6. The van der Waals surface area contributed by atoms with Crippen LogP contribution in [-0.4, -0.2) is 63.5 Å². The highest BCUT2D eigenvalue weighted by Gasteiger charge is 2.38. The van der Waals surface area contributed by atoms with Crippen LogP contribution in [0.3, 0.4) is 0 Å². The summed E-state index contributed by atoms with van der Waals surface area (Å²) in [6.45, 7) is 15.6. The first-order valence-electron chi connectivity index (χ1n) is 19.6. The van der Waals surface area contributed by atoms with Gasteiger partial charge in [-0.05, 0) is 72.4 Å². The number of esters is 1. The molecule has 3 aromatic carbocycles. The van der Waals surface area contributed by atoms with E-state index in [1.807, 2.05) is 60.7 Å². The van der Waals surface area contributed by atoms with E-state index in [2.05, 4.69) is 41.2 Å². The highest BCUT2D eigenvalue weighted by atomic mass is 16.5. The van der Waals surface area contributed by atoms with Crippen LogP contribution in [0.25, 0.3) is 27.6 Å². The normalized spacial score (nSPS) is 19.2. The Balaban J connectivity index is 1.40. The van der Waals surface area contributed by atoms with Gasteiger partial charge in [0.15, 0.2) is 0 Å². The minimum Gasteiger partial charge on any atom is -0.493 e. The summed E-state index contributed by atoms with van der Waals surface area (Å²) in [5.41, 5.74) is 2.66. The quantitative estimate of drug-likeness (QED) is 0.0500. The Labute approximate surface area is 346 Å². The van der Waals surface area contributed by atoms with Crippen molar-refractivity contribution in [3.8, 4) is 16.9 Å². The number of hydrogen-bond acceptors (Lipinski definition) is 8. The number of nitrogens with one attached hydrogen (secondary N) is 3. The number of ether oxygens (including phenoxy) is 2. The number of carbonyl (C=O) groups excluding carboxylic acids is 3. The standard InChI is InChI=1S/C46H45N5O9/c1-25-21-26(2)41(27(3)22-25)60-46(58)39-37(29-13-8-6-9-14-29)33(24-34-38(30-15-10-7-11-16-30)40(47-5)43(50-34)48-28(4)52)49-42(39)51-36(53)17-12-20-59-35-23-31(44(54)55)18-19-32(35)45(56)57/h6-11,13-16,18-19,23-27,41,50H,12,17,20-22H2,1-4H3,(H,48,52)(H,54,55)(H,56,57)(H,49,51,53)/b33-24-. The number of aromatic carboxylic acids is 2. The van der Waals surface area contributed by atoms with E-state index in [-0.39, 0.29) is 82.7 Å². The number of hydrogen-bond donors (Lipinski definition) is 5. The number of amides is 2. The number of nitrogens with zero attached hydrogens (tertiary/aromatic N) is 2. The number of amidine groups is 1. The van der Waals surface area contributed by atoms with Crippen molar-refractivity contribution in [2.45, 2.75) is 59.5 Å². The molecule has 60 heavy (non-hydrogen) atoms. The number of aromatic nitrogens is 1. The fourth-order valence-corrected chi connectivity index (χ4v) is 7.97. The lowest BCUT2D eigenvalue weighted by Crippen LogP contribution is -2.40. The van der Waals surface area contributed by atoms with Crippen LogP contribution in [0.5, 0.6) is 5.75 Å². The molecule has 6 rings (SSSR count). The van der Waals surface area contributed by atoms with Crippen molar-refractivity contribution in [1.29, 1.82) is 0 Å². The van der Waals surface area contributed by atoms with Gasteiger partial charge >= 0.3 is 17.9 Å². The van der Waals surface area contributed by atoms with E-state index in [4.69, 9.17) is 21.0 Å². The first-order chi connectivity index (χ1) is 28.7. The molecule has 0 spiro atoms. The molecule has 2 amide bonds. The van der Waals surface area contributed by atoms with E-state index in [1.54, 1.807) is 6.08 Å². The summed E-state index contributed by atoms with van der Waals surface area (Å²) in [6.07, 6.45) is 2.98. The Hall–Kier alpha value is -7.27. The number of aliphatic imine (C=N–C) groups is 1. The van der Waals surface area contributed by atoms with Crippen molar-refractivity contribution in [2.24, 2.45) is 22.7 Å². The monoisotopic (exact) mass is 811 g/mol. The van der Waals surface area contributed by atoms with E-state index >= 15 is 0 Å². The average molecular weight is 812 g/mol. The lowest BCUT2D eigenvalue weighted by Gasteiger charge is -2.37. The molecular formula is C46H45N5O9. The van der Waals surface area contributed by atoms with Gasteiger partial charge in [0.25, 0.3) is 0 Å². The minimum absolute atomic E-state index is 0.0342. The molecule has 1 saturated carbocycles. The van der Waals surface area contributed by atoms with Crippen molar-refractivity contribution < 1.29 is 43.7 Å². The van der Waals surface area contributed by atoms with E-state index in [9.17, 15) is 34.2 Å². The lowest BCUT2D eigenvalue weighted by molar-refractivity contribution is -0.152. The van der Waals surface area contributed by atoms with Crippen LogP contribution >= 0.6 is 0 Å². The maximum absolute atomic E-state index is 14.6. The lowest BCUT2D eigenvalue weighted by atomic mass is 9.75. The summed E-state index contributed by atoms with van der Waals surface area (Å²) < 4.78 is 12.0. The fraction of sp³-hybridized carbons (Fsp3) is 0.283. The van der Waals surface area contributed by atoms with Crippen molar-refractivity contribution in [3.05, 3.63) is 124 Å². The smallest absolute Gasteiger partial charge is 0.342 e. The minimum atomic E-state index is -1.30. The second kappa shape index (κ2) is 18.5. The van der Waals surface area contributed by atoms with Gasteiger partial charge in [-0.25, -0.2) is 24.2 Å². The highest BCUT2D eigenvalue weighted by Crippen LogP contribution is 2.44. The summed E-state index contributed by atoms with van der Waals surface area (Å²) in [5, 5.41) is 24.5. The number of allylic oxidation sites excluding steroid dienone is 1. The van der Waals surface area contributed by atoms with Crippen LogP contribution in [0.4, 0.5) is 11.5 Å². The molecule has 1 aliphatic carbocycles. The molecule has 14 heteroatoms. The summed E-state index contributed by atoms with van der Waals surface area (Å²) in [6, 6.07) is 21.7. The molecule has 2 aliphatic rings. The molecule has 2 heterocycles. The van der Waals surface area contributed by atoms with Crippen molar-refractivity contribution in [1.82, 2.24) is 10.3 Å². The molecule has 4 aromatic rings. The van der Waals surface area contributed by atoms with Gasteiger partial charge in [-0.3, -0.25) is 9.59 Å². The third-order valence-electron chi connectivity index (χ3n) is 10.4. The molecule has 1 aromatic heterocycles. The SMILES string of the molecule is [C-]#[N+]c1c(NC(C)=O)[nH]c(/C=C2\N=C(NC(=O)CCCOc3cc(C(=O)O)ccc3C(=O)O)C(C(=O)OC3C(C)CC(C)CC3C)=C2c2ccccc2)c1-c1ccccc1. The van der Waals surface area contributed by atoms with Gasteiger partial charge in [-0.2, -0.15) is 0 Å². The Kier molecular flexibility index (Phi) is 13.1. The fourth-order valence-electron chi connectivity index (χ4n) is 7.97. The van der Waals surface area contributed by atoms with E-state index < -0.39 is 29.9 Å². The van der Waals surface area contributed by atoms with Gasteiger partial charge in [0.1, 0.15) is 34.6 Å². The van der Waals surface area contributed by atoms with E-state index in [0.29, 0.717) is 33.9 Å². The van der Waals surface area contributed by atoms with Crippen LogP contribution in [0, 0.1) is 24.3 Å². The molecule has 0 saturated heterocycles. The number of H-pyrrole nitrogens is 1. The molecule has 2 unspecified atom stereocenters. The number of benzene rings is 3. The summed E-state index contributed by atoms with van der Waals surface area (Å²) in [7, 11) is 0. The Morgan fingerprint density at radius 2 is 1.55 bits per heavy atom. The van der Waals surface area contributed by atoms with E-state index in [1.165, 1.54) is 6.92 Å². The number of carboxylic acid groups (broad SMARTS) is 2. The molecular weight excluding hydrogens is 767 g/mol. The van der Waals surface area contributed by atoms with Crippen LogP contribution < -0.4 is 15.4 Å². The van der Waals surface area contributed by atoms with Gasteiger partial charge in [0.05, 0.1) is 24.4 Å². The van der Waals surface area contributed by atoms with Crippen molar-refractivity contribution >= 4 is 58.7 Å². The Bertz CT molecular complexity index is 2450. The summed E-state index contributed by atoms with van der Waals surface area (Å²) in [5.74, 6) is -3.56. The predicted molar refractivity (Wildman–Crippen MR) is 225 cm³/mol. The Morgan fingerprint density at radius 3 is 2.15 bits per heavy atom. The molecule has 1 fully saturated rings. The van der Waals surface area contributed by atoms with E-state index in [0.717, 1.165) is 31.0 Å². The molecule has 308 valence electrons. The predicted octanol–water partition coefficient (Wildman–Crippen LogP) is 8.38. The van der Waals surface area contributed by atoms with Crippen LogP contribution in [0.2, 0.25) is 0 Å². The molecule has 2 atom stereocenters. The molecule has 0 bridgehead atoms. The second-order valence-electron chi connectivity index (χ2n) is 15.1. The largest absolute Gasteiger partial charge is 0.493 e. The van der Waals surface area contributed by atoms with Gasteiger partial charge < -0.3 is 35.3 Å². The maximum Gasteiger partial charge on any atom is 0.342 e. The number of carboxylic acids is 2. The maximum atomic E-state index is 14.6. The first kappa shape index (κ1) is 42.3. The topological polar surface area (TPSA) is 201 Å². The molecule has 5 N–H and O–H groups in total. The van der Waals surface area contributed by atoms with Gasteiger partial charge in [-0.1, -0.05) is 81.4 Å². The summed E-state index contributed by atoms with van der Waals surface area (Å²) >= 11 is 0. The van der Waals surface area contributed by atoms with Crippen molar-refractivity contribution in [2.75, 3.05) is 11.9 Å². The number of carbonyl (C=O) groups is 5. The van der Waals surface area contributed by atoms with Crippen LogP contribution in [-0.2, 0) is 19.1 Å².